The molecule has 5 nitrogen and oxygen atoms in total. The number of benzene rings is 1. The van der Waals surface area contributed by atoms with Crippen LogP contribution in [0.15, 0.2) is 23.1 Å². The van der Waals surface area contributed by atoms with Crippen LogP contribution in [-0.4, -0.2) is 25.6 Å². The first kappa shape index (κ1) is 17.5. The van der Waals surface area contributed by atoms with E-state index in [2.05, 4.69) is 5.32 Å². The Morgan fingerprint density at radius 1 is 1.29 bits per heavy atom. The van der Waals surface area contributed by atoms with Crippen molar-refractivity contribution >= 4 is 21.4 Å². The second-order valence-electron chi connectivity index (χ2n) is 5.25. The maximum Gasteiger partial charge on any atom is 0.238 e. The van der Waals surface area contributed by atoms with Crippen LogP contribution in [0.3, 0.4) is 0 Å². The second kappa shape index (κ2) is 6.93. The number of hydrogen-bond acceptors (Lipinski definition) is 4. The molecule has 0 aromatic heterocycles. The predicted octanol–water partition coefficient (Wildman–Crippen LogP) is 2.04. The number of carbonyl (C=O) groups is 1. The molecule has 1 aromatic carbocycles. The minimum absolute atomic E-state index is 0.00878. The van der Waals surface area contributed by atoms with Gasteiger partial charge in [0, 0.05) is 6.04 Å². The lowest BCUT2D eigenvalue weighted by molar-refractivity contribution is -0.121. The lowest BCUT2D eigenvalue weighted by atomic mass is 10.2. The van der Waals surface area contributed by atoms with Gasteiger partial charge < -0.3 is 11.1 Å². The Balaban J connectivity index is 3.04. The fourth-order valence-corrected chi connectivity index (χ4v) is 3.45. The Labute approximate surface area is 126 Å². The summed E-state index contributed by atoms with van der Waals surface area (Å²) in [5, 5.41) is 1.60. The van der Waals surface area contributed by atoms with Gasteiger partial charge in [-0.1, -0.05) is 19.9 Å². The van der Waals surface area contributed by atoms with E-state index >= 15 is 0 Å². The van der Waals surface area contributed by atoms with Gasteiger partial charge in [0.15, 0.2) is 9.84 Å². The highest BCUT2D eigenvalue weighted by molar-refractivity contribution is 7.93. The fourth-order valence-electron chi connectivity index (χ4n) is 2.07. The van der Waals surface area contributed by atoms with E-state index in [1.807, 2.05) is 20.8 Å². The van der Waals surface area contributed by atoms with Gasteiger partial charge in [0.05, 0.1) is 10.6 Å². The zero-order chi connectivity index (χ0) is 16.2. The SMILES string of the molecule is CCC(CC)NC(=O)C(C)S(=O)(=O)c1ccc(C)cc1N. The highest BCUT2D eigenvalue weighted by Gasteiger charge is 2.31. The number of sulfone groups is 1. The minimum Gasteiger partial charge on any atom is -0.398 e. The van der Waals surface area contributed by atoms with Crippen molar-refractivity contribution in [3.05, 3.63) is 23.8 Å². The Morgan fingerprint density at radius 3 is 2.33 bits per heavy atom. The van der Waals surface area contributed by atoms with Gasteiger partial charge in [-0.15, -0.1) is 0 Å². The average molecular weight is 312 g/mol. The first-order valence-electron chi connectivity index (χ1n) is 7.14. The van der Waals surface area contributed by atoms with Crippen LogP contribution in [0.1, 0.15) is 39.2 Å². The van der Waals surface area contributed by atoms with Gasteiger partial charge in [-0.05, 0) is 44.4 Å². The Bertz CT molecular complexity index is 607. The first-order valence-corrected chi connectivity index (χ1v) is 8.69. The number of amides is 1. The summed E-state index contributed by atoms with van der Waals surface area (Å²) < 4.78 is 25.0. The molecule has 21 heavy (non-hydrogen) atoms. The Kier molecular flexibility index (Phi) is 5.78. The van der Waals surface area contributed by atoms with Crippen LogP contribution >= 0.6 is 0 Å². The van der Waals surface area contributed by atoms with E-state index < -0.39 is 21.0 Å². The van der Waals surface area contributed by atoms with Crippen molar-refractivity contribution < 1.29 is 13.2 Å². The summed E-state index contributed by atoms with van der Waals surface area (Å²) in [6.45, 7) is 7.12. The lowest BCUT2D eigenvalue weighted by Gasteiger charge is -2.19. The van der Waals surface area contributed by atoms with Gasteiger partial charge in [0.2, 0.25) is 5.91 Å². The maximum atomic E-state index is 12.5. The highest BCUT2D eigenvalue weighted by atomic mass is 32.2. The highest BCUT2D eigenvalue weighted by Crippen LogP contribution is 2.24. The minimum atomic E-state index is -3.78. The van der Waals surface area contributed by atoms with Gasteiger partial charge in [-0.3, -0.25) is 4.79 Å². The molecule has 118 valence electrons. The quantitative estimate of drug-likeness (QED) is 0.787. The van der Waals surface area contributed by atoms with Gasteiger partial charge in [0.25, 0.3) is 0 Å². The van der Waals surface area contributed by atoms with Crippen LogP contribution < -0.4 is 11.1 Å². The molecule has 0 fully saturated rings. The van der Waals surface area contributed by atoms with Crippen molar-refractivity contribution in [2.45, 2.75) is 56.7 Å². The summed E-state index contributed by atoms with van der Waals surface area (Å²) in [7, 11) is -3.78. The number of nitrogens with two attached hydrogens (primary N) is 1. The molecule has 6 heteroatoms. The van der Waals surface area contributed by atoms with Gasteiger partial charge in [-0.25, -0.2) is 8.42 Å². The third-order valence-electron chi connectivity index (χ3n) is 3.64. The Hall–Kier alpha value is -1.56. The molecule has 1 aromatic rings. The lowest BCUT2D eigenvalue weighted by Crippen LogP contribution is -2.43. The van der Waals surface area contributed by atoms with Crippen LogP contribution in [-0.2, 0) is 14.6 Å². The molecule has 0 aliphatic heterocycles. The normalized spacial score (nSPS) is 13.2. The van der Waals surface area contributed by atoms with Crippen molar-refractivity contribution in [2.24, 2.45) is 0 Å². The molecular formula is C15H24N2O3S. The third-order valence-corrected chi connectivity index (χ3v) is 5.77. The molecule has 0 radical (unpaired) electrons. The largest absolute Gasteiger partial charge is 0.398 e. The molecule has 1 rings (SSSR count). The molecule has 0 bridgehead atoms. The average Bonchev–Trinajstić information content (AvgIpc) is 2.43. The molecule has 0 aliphatic rings. The monoisotopic (exact) mass is 312 g/mol. The van der Waals surface area contributed by atoms with Crippen molar-refractivity contribution in [1.29, 1.82) is 0 Å². The molecule has 1 amide bonds. The van der Waals surface area contributed by atoms with E-state index in [4.69, 9.17) is 5.73 Å². The molecule has 0 saturated carbocycles. The fraction of sp³-hybridized carbons (Fsp3) is 0.533. The predicted molar refractivity (Wildman–Crippen MR) is 84.8 cm³/mol. The molecular weight excluding hydrogens is 288 g/mol. The smallest absolute Gasteiger partial charge is 0.238 e. The van der Waals surface area contributed by atoms with Crippen LogP contribution in [0.5, 0.6) is 0 Å². The van der Waals surface area contributed by atoms with E-state index in [0.29, 0.717) is 0 Å². The first-order chi connectivity index (χ1) is 9.73. The summed E-state index contributed by atoms with van der Waals surface area (Å²) in [4.78, 5) is 12.2. The zero-order valence-electron chi connectivity index (χ0n) is 13.0. The summed E-state index contributed by atoms with van der Waals surface area (Å²) in [5.74, 6) is -0.483. The number of aryl methyl sites for hydroxylation is 1. The van der Waals surface area contributed by atoms with E-state index in [-0.39, 0.29) is 16.6 Å². The van der Waals surface area contributed by atoms with E-state index in [1.165, 1.54) is 13.0 Å². The standard InChI is InChI=1S/C15H24N2O3S/c1-5-12(6-2)17-15(18)11(4)21(19,20)14-8-7-10(3)9-13(14)16/h7-9,11-12H,5-6,16H2,1-4H3,(H,17,18). The number of nitrogens with one attached hydrogen (secondary N) is 1. The summed E-state index contributed by atoms with van der Waals surface area (Å²) in [5.41, 5.74) is 6.84. The van der Waals surface area contributed by atoms with Gasteiger partial charge in [-0.2, -0.15) is 0 Å². The molecule has 1 unspecified atom stereocenters. The van der Waals surface area contributed by atoms with Gasteiger partial charge >= 0.3 is 0 Å². The van der Waals surface area contributed by atoms with Crippen molar-refractivity contribution in [1.82, 2.24) is 5.32 Å². The molecule has 1 atom stereocenters. The van der Waals surface area contributed by atoms with Crippen molar-refractivity contribution in [3.63, 3.8) is 0 Å². The van der Waals surface area contributed by atoms with Crippen molar-refractivity contribution in [3.8, 4) is 0 Å². The topological polar surface area (TPSA) is 89.3 Å². The van der Waals surface area contributed by atoms with Crippen molar-refractivity contribution in [2.75, 3.05) is 5.73 Å². The number of carbonyl (C=O) groups excluding carboxylic acids is 1. The van der Waals surface area contributed by atoms with Crippen LogP contribution in [0.25, 0.3) is 0 Å². The number of nitrogen functional groups attached to an aromatic ring is 1. The van der Waals surface area contributed by atoms with E-state index in [9.17, 15) is 13.2 Å². The third kappa shape index (κ3) is 3.97. The molecule has 0 aliphatic carbocycles. The van der Waals surface area contributed by atoms with E-state index in [1.54, 1.807) is 12.1 Å². The maximum absolute atomic E-state index is 12.5. The van der Waals surface area contributed by atoms with Crippen LogP contribution in [0.2, 0.25) is 0 Å². The van der Waals surface area contributed by atoms with Crippen LogP contribution in [0.4, 0.5) is 5.69 Å². The molecule has 3 N–H and O–H groups in total. The molecule has 0 spiro atoms. The number of anilines is 1. The van der Waals surface area contributed by atoms with E-state index in [0.717, 1.165) is 18.4 Å². The summed E-state index contributed by atoms with van der Waals surface area (Å²) in [6, 6.07) is 4.72. The van der Waals surface area contributed by atoms with Gasteiger partial charge in [0.1, 0.15) is 5.25 Å². The summed E-state index contributed by atoms with van der Waals surface area (Å²) in [6.07, 6.45) is 1.53. The Morgan fingerprint density at radius 2 is 1.86 bits per heavy atom. The summed E-state index contributed by atoms with van der Waals surface area (Å²) >= 11 is 0. The molecule has 0 heterocycles. The number of rotatable bonds is 6. The molecule has 0 saturated heterocycles. The second-order valence-corrected chi connectivity index (χ2v) is 7.49. The number of hydrogen-bond donors (Lipinski definition) is 2. The van der Waals surface area contributed by atoms with Crippen LogP contribution in [0, 0.1) is 6.92 Å². The zero-order valence-corrected chi connectivity index (χ0v) is 13.8.